The highest BCUT2D eigenvalue weighted by molar-refractivity contribution is 5.93. The summed E-state index contributed by atoms with van der Waals surface area (Å²) in [4.78, 5) is 24.7. The van der Waals surface area contributed by atoms with E-state index in [0.29, 0.717) is 4.68 Å². The number of carbonyl (C=O) groups excluding carboxylic acids is 1. The molecule has 0 fully saturated rings. The molecule has 0 saturated heterocycles. The van der Waals surface area contributed by atoms with Crippen molar-refractivity contribution in [1.29, 1.82) is 0 Å². The maximum atomic E-state index is 13.3. The first kappa shape index (κ1) is 23.0. The van der Waals surface area contributed by atoms with Gasteiger partial charge in [0.15, 0.2) is 0 Å². The summed E-state index contributed by atoms with van der Waals surface area (Å²) in [6, 6.07) is 9.12. The standard InChI is InChI=1S/C21H15F6N3O2/c1-12(19(32)28-14-8-6-13(7-9-14)20(22,23)24)30-18(31)11-10-17(29-30)15-4-2-3-5-16(15)21(25,26)27/h2-12H,1H3,(H,28,32). The number of halogens is 6. The summed E-state index contributed by atoms with van der Waals surface area (Å²) in [7, 11) is 0. The Morgan fingerprint density at radius 2 is 1.53 bits per heavy atom. The van der Waals surface area contributed by atoms with Crippen molar-refractivity contribution in [2.75, 3.05) is 5.32 Å². The fourth-order valence-corrected chi connectivity index (χ4v) is 2.90. The third kappa shape index (κ3) is 4.98. The van der Waals surface area contributed by atoms with Gasteiger partial charge in [-0.15, -0.1) is 0 Å². The Bertz CT molecular complexity index is 1180. The van der Waals surface area contributed by atoms with Crippen LogP contribution in [0.15, 0.2) is 65.5 Å². The van der Waals surface area contributed by atoms with Gasteiger partial charge in [0.25, 0.3) is 5.56 Å². The molecule has 1 atom stereocenters. The van der Waals surface area contributed by atoms with Gasteiger partial charge in [-0.3, -0.25) is 9.59 Å². The molecule has 168 valence electrons. The largest absolute Gasteiger partial charge is 0.417 e. The highest BCUT2D eigenvalue weighted by Crippen LogP contribution is 2.36. The van der Waals surface area contributed by atoms with Crippen LogP contribution in [0, 0.1) is 0 Å². The summed E-state index contributed by atoms with van der Waals surface area (Å²) in [5, 5.41) is 6.28. The normalized spacial score (nSPS) is 13.0. The molecule has 1 unspecified atom stereocenters. The van der Waals surface area contributed by atoms with Gasteiger partial charge in [-0.2, -0.15) is 31.4 Å². The van der Waals surface area contributed by atoms with Crippen molar-refractivity contribution in [1.82, 2.24) is 9.78 Å². The van der Waals surface area contributed by atoms with Crippen molar-refractivity contribution in [3.05, 3.63) is 82.1 Å². The highest BCUT2D eigenvalue weighted by Gasteiger charge is 2.34. The van der Waals surface area contributed by atoms with Crippen LogP contribution in [0.3, 0.4) is 0 Å². The second-order valence-corrected chi connectivity index (χ2v) is 6.79. The number of nitrogens with one attached hydrogen (secondary N) is 1. The van der Waals surface area contributed by atoms with Crippen LogP contribution in [-0.2, 0) is 17.1 Å². The van der Waals surface area contributed by atoms with Gasteiger partial charge in [-0.25, -0.2) is 4.68 Å². The number of amides is 1. The quantitative estimate of drug-likeness (QED) is 0.554. The number of carbonyl (C=O) groups is 1. The highest BCUT2D eigenvalue weighted by atomic mass is 19.4. The predicted octanol–water partition coefficient (Wildman–Crippen LogP) is 5.15. The van der Waals surface area contributed by atoms with Gasteiger partial charge in [-0.05, 0) is 43.3 Å². The molecule has 0 saturated carbocycles. The van der Waals surface area contributed by atoms with Crippen LogP contribution >= 0.6 is 0 Å². The molecule has 0 spiro atoms. The zero-order valence-electron chi connectivity index (χ0n) is 16.3. The molecule has 0 aliphatic carbocycles. The number of nitrogens with zero attached hydrogens (tertiary/aromatic N) is 2. The molecular formula is C21H15F6N3O2. The van der Waals surface area contributed by atoms with E-state index in [2.05, 4.69) is 10.4 Å². The van der Waals surface area contributed by atoms with Crippen LogP contribution in [-0.4, -0.2) is 15.7 Å². The van der Waals surface area contributed by atoms with Gasteiger partial charge in [-0.1, -0.05) is 18.2 Å². The lowest BCUT2D eigenvalue weighted by Gasteiger charge is -2.17. The van der Waals surface area contributed by atoms with Crippen molar-refractivity contribution in [2.24, 2.45) is 0 Å². The van der Waals surface area contributed by atoms with Crippen LogP contribution in [0.1, 0.15) is 24.1 Å². The number of benzene rings is 2. The van der Waals surface area contributed by atoms with Gasteiger partial charge in [0.1, 0.15) is 6.04 Å². The first-order valence-corrected chi connectivity index (χ1v) is 9.12. The topological polar surface area (TPSA) is 64.0 Å². The molecule has 1 aromatic heterocycles. The minimum atomic E-state index is -4.66. The number of aromatic nitrogens is 2. The number of hydrogen-bond donors (Lipinski definition) is 1. The maximum absolute atomic E-state index is 13.3. The zero-order chi connectivity index (χ0) is 23.7. The molecule has 1 heterocycles. The SMILES string of the molecule is CC(C(=O)Nc1ccc(C(F)(F)F)cc1)n1nc(-c2ccccc2C(F)(F)F)ccc1=O. The van der Waals surface area contributed by atoms with Crippen LogP contribution in [0.2, 0.25) is 0 Å². The summed E-state index contributed by atoms with van der Waals surface area (Å²) >= 11 is 0. The van der Waals surface area contributed by atoms with Gasteiger partial charge in [0, 0.05) is 17.3 Å². The van der Waals surface area contributed by atoms with Gasteiger partial charge < -0.3 is 5.32 Å². The molecular weight excluding hydrogens is 440 g/mol. The molecule has 0 aliphatic rings. The van der Waals surface area contributed by atoms with Crippen molar-refractivity contribution in [3.8, 4) is 11.3 Å². The monoisotopic (exact) mass is 455 g/mol. The molecule has 1 amide bonds. The van der Waals surface area contributed by atoms with Crippen molar-refractivity contribution in [2.45, 2.75) is 25.3 Å². The lowest BCUT2D eigenvalue weighted by Crippen LogP contribution is -2.33. The molecule has 0 radical (unpaired) electrons. The lowest BCUT2D eigenvalue weighted by atomic mass is 10.0. The van der Waals surface area contributed by atoms with Crippen molar-refractivity contribution >= 4 is 11.6 Å². The Kier molecular flexibility index (Phi) is 6.11. The van der Waals surface area contributed by atoms with Gasteiger partial charge in [0.2, 0.25) is 5.91 Å². The molecule has 0 aliphatic heterocycles. The van der Waals surface area contributed by atoms with Gasteiger partial charge >= 0.3 is 12.4 Å². The molecule has 3 aromatic rings. The lowest BCUT2D eigenvalue weighted by molar-refractivity contribution is -0.138. The molecule has 11 heteroatoms. The van der Waals surface area contributed by atoms with E-state index in [1.807, 2.05) is 0 Å². The van der Waals surface area contributed by atoms with Crippen LogP contribution in [0.25, 0.3) is 11.3 Å². The van der Waals surface area contributed by atoms with E-state index < -0.39 is 41.0 Å². The van der Waals surface area contributed by atoms with Crippen LogP contribution < -0.4 is 10.9 Å². The van der Waals surface area contributed by atoms with Crippen LogP contribution in [0.4, 0.5) is 32.0 Å². The van der Waals surface area contributed by atoms with E-state index in [9.17, 15) is 35.9 Å². The smallest absolute Gasteiger partial charge is 0.324 e. The molecule has 2 aromatic carbocycles. The van der Waals surface area contributed by atoms with E-state index in [1.54, 1.807) is 0 Å². The molecule has 32 heavy (non-hydrogen) atoms. The Morgan fingerprint density at radius 1 is 0.906 bits per heavy atom. The van der Waals surface area contributed by atoms with E-state index in [0.717, 1.165) is 42.5 Å². The third-order valence-corrected chi connectivity index (χ3v) is 4.56. The second kappa shape index (κ2) is 8.48. The van der Waals surface area contributed by atoms with Crippen molar-refractivity contribution < 1.29 is 31.1 Å². The fraction of sp³-hybridized carbons (Fsp3) is 0.190. The number of rotatable bonds is 4. The molecule has 0 bridgehead atoms. The summed E-state index contributed by atoms with van der Waals surface area (Å²) in [6.45, 7) is 1.28. The Labute approximate surface area is 177 Å². The van der Waals surface area contributed by atoms with E-state index >= 15 is 0 Å². The minimum Gasteiger partial charge on any atom is -0.324 e. The van der Waals surface area contributed by atoms with Gasteiger partial charge in [0.05, 0.1) is 16.8 Å². The Balaban J connectivity index is 1.89. The Hall–Kier alpha value is -3.63. The minimum absolute atomic E-state index is 0.0430. The van der Waals surface area contributed by atoms with E-state index in [-0.39, 0.29) is 16.9 Å². The molecule has 5 nitrogen and oxygen atoms in total. The van der Waals surface area contributed by atoms with E-state index in [4.69, 9.17) is 0 Å². The summed E-state index contributed by atoms with van der Waals surface area (Å²) < 4.78 is 78.6. The molecule has 1 N–H and O–H groups in total. The predicted molar refractivity (Wildman–Crippen MR) is 104 cm³/mol. The van der Waals surface area contributed by atoms with E-state index in [1.165, 1.54) is 25.1 Å². The number of hydrogen-bond acceptors (Lipinski definition) is 3. The average molecular weight is 455 g/mol. The number of anilines is 1. The summed E-state index contributed by atoms with van der Waals surface area (Å²) in [5.41, 5.74) is -3.01. The van der Waals surface area contributed by atoms with Crippen molar-refractivity contribution in [3.63, 3.8) is 0 Å². The van der Waals surface area contributed by atoms with Crippen LogP contribution in [0.5, 0.6) is 0 Å². The summed E-state index contributed by atoms with van der Waals surface area (Å²) in [6.07, 6.45) is -9.20. The fourth-order valence-electron chi connectivity index (χ4n) is 2.90. The summed E-state index contributed by atoms with van der Waals surface area (Å²) in [5.74, 6) is -0.791. The second-order valence-electron chi connectivity index (χ2n) is 6.79. The number of alkyl halides is 6. The maximum Gasteiger partial charge on any atom is 0.417 e. The first-order chi connectivity index (χ1) is 14.9. The zero-order valence-corrected chi connectivity index (χ0v) is 16.3. The average Bonchev–Trinajstić information content (AvgIpc) is 2.72. The first-order valence-electron chi connectivity index (χ1n) is 9.12. The Morgan fingerprint density at radius 3 is 2.12 bits per heavy atom. The molecule has 3 rings (SSSR count). The third-order valence-electron chi connectivity index (χ3n) is 4.56.